The highest BCUT2D eigenvalue weighted by Gasteiger charge is 2.28. The summed E-state index contributed by atoms with van der Waals surface area (Å²) in [4.78, 5) is 24.1. The number of carbonyl (C=O) groups excluding carboxylic acids is 1. The van der Waals surface area contributed by atoms with Gasteiger partial charge in [-0.25, -0.2) is 9.37 Å². The summed E-state index contributed by atoms with van der Waals surface area (Å²) in [6.07, 6.45) is 9.83. The van der Waals surface area contributed by atoms with E-state index >= 15 is 0 Å². The molecule has 0 fully saturated rings. The van der Waals surface area contributed by atoms with Gasteiger partial charge in [0.1, 0.15) is 11.6 Å². The van der Waals surface area contributed by atoms with E-state index in [0.29, 0.717) is 40.3 Å². The smallest absolute Gasteiger partial charge is 0.259 e. The summed E-state index contributed by atoms with van der Waals surface area (Å²) < 4.78 is 22.1. The Morgan fingerprint density at radius 1 is 1.37 bits per heavy atom. The molecule has 35 heavy (non-hydrogen) atoms. The van der Waals surface area contributed by atoms with E-state index in [0.717, 1.165) is 16.5 Å². The van der Waals surface area contributed by atoms with Crippen molar-refractivity contribution in [3.8, 4) is 12.3 Å². The summed E-state index contributed by atoms with van der Waals surface area (Å²) in [7, 11) is 1.74. The van der Waals surface area contributed by atoms with Gasteiger partial charge in [0, 0.05) is 41.5 Å². The van der Waals surface area contributed by atoms with Gasteiger partial charge in [-0.05, 0) is 43.2 Å². The number of carbonyl (C=O) groups is 1. The van der Waals surface area contributed by atoms with Gasteiger partial charge in [0.2, 0.25) is 0 Å². The lowest BCUT2D eigenvalue weighted by molar-refractivity contribution is 0.0801. The second-order valence-corrected chi connectivity index (χ2v) is 8.59. The molecule has 3 aromatic heterocycles. The molecule has 0 bridgehead atoms. The number of halogens is 1. The molecule has 0 saturated heterocycles. The number of aryl methyl sites for hydroxylation is 2. The normalized spacial score (nSPS) is 14.7. The SMILES string of the molecule is C#Cc1cnc(CN(C(=O)c2cc3c4c(c(N)nc3cc2C)C(C)OC4)c2cnn(C)c2)c(F)c1. The number of hydrogen-bond acceptors (Lipinski definition) is 6. The van der Waals surface area contributed by atoms with E-state index in [1.807, 2.05) is 26.0 Å². The highest BCUT2D eigenvalue weighted by Crippen LogP contribution is 2.39. The number of rotatable bonds is 4. The topological polar surface area (TPSA) is 99.2 Å². The zero-order valence-corrected chi connectivity index (χ0v) is 19.5. The highest BCUT2D eigenvalue weighted by atomic mass is 19.1. The standard InChI is InChI=1S/C26H23FN6O2/c1-5-16-7-21(27)23(29-9-16)12-33(17-10-30-32(4)11-17)26(34)18-8-19-20-13-35-15(3)24(20)25(28)31-22(19)6-14(18)2/h1,6-11,15H,12-13H2,2-4H3,(H2,28,31). The van der Waals surface area contributed by atoms with Gasteiger partial charge in [-0.3, -0.25) is 19.4 Å². The first-order valence-corrected chi connectivity index (χ1v) is 11.0. The van der Waals surface area contributed by atoms with Crippen molar-refractivity contribution in [2.45, 2.75) is 33.1 Å². The fourth-order valence-electron chi connectivity index (χ4n) is 4.43. The predicted octanol–water partition coefficient (Wildman–Crippen LogP) is 3.81. The Balaban J connectivity index is 1.62. The van der Waals surface area contributed by atoms with Crippen LogP contribution in [0, 0.1) is 25.1 Å². The van der Waals surface area contributed by atoms with Gasteiger partial charge in [0.15, 0.2) is 0 Å². The Morgan fingerprint density at radius 3 is 2.86 bits per heavy atom. The summed E-state index contributed by atoms with van der Waals surface area (Å²) in [6, 6.07) is 4.88. The maximum absolute atomic E-state index is 14.7. The van der Waals surface area contributed by atoms with Crippen molar-refractivity contribution >= 4 is 28.3 Å². The molecule has 1 aliphatic rings. The van der Waals surface area contributed by atoms with Crippen molar-refractivity contribution in [3.05, 3.63) is 76.1 Å². The highest BCUT2D eigenvalue weighted by molar-refractivity contribution is 6.09. The number of benzene rings is 1. The van der Waals surface area contributed by atoms with Gasteiger partial charge >= 0.3 is 0 Å². The van der Waals surface area contributed by atoms with E-state index in [1.165, 1.54) is 17.2 Å². The zero-order valence-electron chi connectivity index (χ0n) is 19.5. The van der Waals surface area contributed by atoms with Crippen LogP contribution in [0.4, 0.5) is 15.9 Å². The number of aromatic nitrogens is 4. The Hall–Kier alpha value is -4.29. The van der Waals surface area contributed by atoms with Crippen LogP contribution in [0.15, 0.2) is 36.8 Å². The van der Waals surface area contributed by atoms with Gasteiger partial charge in [0.05, 0.1) is 42.4 Å². The second kappa shape index (κ2) is 8.49. The van der Waals surface area contributed by atoms with Gasteiger partial charge in [0.25, 0.3) is 5.91 Å². The number of nitrogen functional groups attached to an aromatic ring is 1. The first-order valence-electron chi connectivity index (χ1n) is 11.0. The number of pyridine rings is 2. The van der Waals surface area contributed by atoms with Crippen LogP contribution in [0.1, 0.15) is 51.3 Å². The maximum atomic E-state index is 14.7. The number of anilines is 2. The van der Waals surface area contributed by atoms with E-state index in [4.69, 9.17) is 16.9 Å². The van der Waals surface area contributed by atoms with E-state index in [9.17, 15) is 9.18 Å². The molecule has 8 nitrogen and oxygen atoms in total. The van der Waals surface area contributed by atoms with Crippen LogP contribution in [0.2, 0.25) is 0 Å². The monoisotopic (exact) mass is 470 g/mol. The molecule has 0 saturated carbocycles. The number of terminal acetylenes is 1. The third-order valence-corrected chi connectivity index (χ3v) is 6.26. The van der Waals surface area contributed by atoms with E-state index < -0.39 is 5.82 Å². The predicted molar refractivity (Wildman–Crippen MR) is 130 cm³/mol. The summed E-state index contributed by atoms with van der Waals surface area (Å²) in [5.74, 6) is 1.89. The third-order valence-electron chi connectivity index (χ3n) is 6.26. The molecule has 1 atom stereocenters. The Kier molecular flexibility index (Phi) is 5.46. The minimum absolute atomic E-state index is 0.0946. The van der Waals surface area contributed by atoms with Crippen LogP contribution in [0.5, 0.6) is 0 Å². The molecule has 0 aliphatic carbocycles. The average molecular weight is 471 g/mol. The lowest BCUT2D eigenvalue weighted by Crippen LogP contribution is -2.31. The maximum Gasteiger partial charge on any atom is 0.259 e. The molecule has 176 valence electrons. The van der Waals surface area contributed by atoms with Gasteiger partial charge in [-0.1, -0.05) is 5.92 Å². The summed E-state index contributed by atoms with van der Waals surface area (Å²) in [6.45, 7) is 4.04. The summed E-state index contributed by atoms with van der Waals surface area (Å²) in [5, 5.41) is 4.99. The van der Waals surface area contributed by atoms with Crippen molar-refractivity contribution in [1.82, 2.24) is 19.7 Å². The van der Waals surface area contributed by atoms with Crippen LogP contribution in [0.25, 0.3) is 10.9 Å². The fourth-order valence-corrected chi connectivity index (χ4v) is 4.43. The molecule has 4 aromatic rings. The molecule has 1 aromatic carbocycles. The van der Waals surface area contributed by atoms with Crippen molar-refractivity contribution in [1.29, 1.82) is 0 Å². The minimum Gasteiger partial charge on any atom is -0.383 e. The lowest BCUT2D eigenvalue weighted by Gasteiger charge is -2.22. The van der Waals surface area contributed by atoms with Crippen LogP contribution < -0.4 is 10.6 Å². The summed E-state index contributed by atoms with van der Waals surface area (Å²) in [5.41, 5.74) is 10.8. The molecule has 4 heterocycles. The van der Waals surface area contributed by atoms with Crippen LogP contribution in [-0.4, -0.2) is 25.7 Å². The number of fused-ring (bicyclic) bond motifs is 3. The number of ether oxygens (including phenoxy) is 1. The van der Waals surface area contributed by atoms with Crippen molar-refractivity contribution < 1.29 is 13.9 Å². The van der Waals surface area contributed by atoms with E-state index in [1.54, 1.807) is 24.1 Å². The van der Waals surface area contributed by atoms with Crippen LogP contribution in [0.3, 0.4) is 0 Å². The minimum atomic E-state index is -0.582. The second-order valence-electron chi connectivity index (χ2n) is 8.59. The van der Waals surface area contributed by atoms with Crippen molar-refractivity contribution in [2.24, 2.45) is 7.05 Å². The lowest BCUT2D eigenvalue weighted by atomic mass is 9.97. The molecular formula is C26H23FN6O2. The molecule has 0 radical (unpaired) electrons. The Bertz CT molecular complexity index is 1540. The number of amides is 1. The molecule has 2 N–H and O–H groups in total. The van der Waals surface area contributed by atoms with Gasteiger partial charge in [-0.15, -0.1) is 6.42 Å². The first kappa shape index (κ1) is 22.5. The zero-order chi connectivity index (χ0) is 24.9. The van der Waals surface area contributed by atoms with Gasteiger partial charge in [-0.2, -0.15) is 5.10 Å². The molecular weight excluding hydrogens is 447 g/mol. The largest absolute Gasteiger partial charge is 0.383 e. The molecule has 0 spiro atoms. The molecule has 1 aliphatic heterocycles. The third kappa shape index (κ3) is 3.88. The average Bonchev–Trinajstić information content (AvgIpc) is 3.43. The summed E-state index contributed by atoms with van der Waals surface area (Å²) >= 11 is 0. The Morgan fingerprint density at radius 2 is 2.17 bits per heavy atom. The van der Waals surface area contributed by atoms with Gasteiger partial charge < -0.3 is 10.5 Å². The van der Waals surface area contributed by atoms with Crippen molar-refractivity contribution in [3.63, 3.8) is 0 Å². The number of hydrogen-bond donors (Lipinski definition) is 1. The quantitative estimate of drug-likeness (QED) is 0.456. The van der Waals surface area contributed by atoms with Crippen LogP contribution >= 0.6 is 0 Å². The Labute approximate surface area is 201 Å². The van der Waals surface area contributed by atoms with Crippen LogP contribution in [-0.2, 0) is 24.9 Å². The number of nitrogens with zero attached hydrogens (tertiary/aromatic N) is 5. The molecule has 1 amide bonds. The fraction of sp³-hybridized carbons (Fsp3) is 0.231. The molecule has 9 heteroatoms. The molecule has 5 rings (SSSR count). The van der Waals surface area contributed by atoms with Crippen molar-refractivity contribution in [2.75, 3.05) is 10.6 Å². The number of nitrogens with two attached hydrogens (primary N) is 1. The van der Waals surface area contributed by atoms with E-state index in [2.05, 4.69) is 21.0 Å². The first-order chi connectivity index (χ1) is 16.8. The van der Waals surface area contributed by atoms with E-state index in [-0.39, 0.29) is 24.2 Å². The molecule has 1 unspecified atom stereocenters.